The molecule has 0 N–H and O–H groups in total. The minimum Gasteiger partial charge on any atom is -0.490 e. The highest BCUT2D eigenvalue weighted by atomic mass is 16.6. The predicted octanol–water partition coefficient (Wildman–Crippen LogP) is 10.7. The van der Waals surface area contributed by atoms with Crippen LogP contribution in [0.15, 0.2) is 97.5 Å². The predicted molar refractivity (Wildman–Crippen MR) is 280 cm³/mol. The third-order valence-electron chi connectivity index (χ3n) is 11.8. The molecule has 0 aromatic heterocycles. The smallest absolute Gasteiger partial charge is 0.306 e. The van der Waals surface area contributed by atoms with Crippen LogP contribution in [-0.2, 0) is 28.5 Å². The molecular formula is C63H64O8. The van der Waals surface area contributed by atoms with Gasteiger partial charge in [-0.3, -0.25) is 9.59 Å². The molecule has 71 heavy (non-hydrogen) atoms. The Balaban J connectivity index is 1.18. The van der Waals surface area contributed by atoms with Gasteiger partial charge in [0.1, 0.15) is 49.4 Å². The Morgan fingerprint density at radius 2 is 0.803 bits per heavy atom. The maximum atomic E-state index is 13.3. The minimum atomic E-state index is -0.641. The third kappa shape index (κ3) is 23.3. The van der Waals surface area contributed by atoms with Crippen molar-refractivity contribution in [3.8, 4) is 106 Å². The summed E-state index contributed by atoms with van der Waals surface area (Å²) in [6.45, 7) is 23.1. The Bertz CT molecular complexity index is 2510. The lowest BCUT2D eigenvalue weighted by Crippen LogP contribution is -2.31. The van der Waals surface area contributed by atoms with E-state index in [0.717, 1.165) is 62.5 Å². The molecule has 2 aliphatic rings. The Kier molecular flexibility index (Phi) is 25.0. The van der Waals surface area contributed by atoms with Gasteiger partial charge in [-0.15, -0.1) is 0 Å². The fourth-order valence-corrected chi connectivity index (χ4v) is 7.85. The summed E-state index contributed by atoms with van der Waals surface area (Å²) in [5.41, 5.74) is 2.93. The standard InChI is InChI=1S/C63H64O8/c1-9-11-13-15-17-19-21-23-52-33-37-58(38-34-52)68-46-60(44-66-50(7)48(3)4)70-62(64)42-56-29-25-54(26-30-56)41-55-27-31-57(32-28-55)43-63(65)71-61(45-67-51(8)49(5)6)47-69-59-39-35-53(36-40-59)24-22-20-18-16-14-12-10-2/h33-40,54-57,60-61H,3,5,7-8,25-32,41-47H2,1-2,4,6H3. The van der Waals surface area contributed by atoms with Gasteiger partial charge >= 0.3 is 11.9 Å². The summed E-state index contributed by atoms with van der Waals surface area (Å²) in [4.78, 5) is 26.6. The average molecular weight is 949 g/mol. The summed E-state index contributed by atoms with van der Waals surface area (Å²) in [7, 11) is 0. The zero-order valence-electron chi connectivity index (χ0n) is 41.8. The van der Waals surface area contributed by atoms with Crippen LogP contribution < -0.4 is 9.47 Å². The first kappa shape index (κ1) is 55.6. The minimum absolute atomic E-state index is 0.0953. The molecule has 8 nitrogen and oxygen atoms in total. The lowest BCUT2D eigenvalue weighted by Gasteiger charge is -2.34. The number of allylic oxidation sites excluding steroid dienone is 2. The molecule has 0 radical (unpaired) electrons. The van der Waals surface area contributed by atoms with Gasteiger partial charge < -0.3 is 28.4 Å². The van der Waals surface area contributed by atoms with E-state index in [0.29, 0.717) is 58.8 Å². The normalized spacial score (nSPS) is 16.8. The first-order chi connectivity index (χ1) is 34.4. The van der Waals surface area contributed by atoms with E-state index in [-0.39, 0.29) is 50.2 Å². The maximum absolute atomic E-state index is 13.3. The van der Waals surface area contributed by atoms with Gasteiger partial charge in [0, 0.05) is 24.0 Å². The molecule has 0 bridgehead atoms. The second-order valence-electron chi connectivity index (χ2n) is 17.6. The molecule has 2 fully saturated rings. The molecular weight excluding hydrogens is 885 g/mol. The van der Waals surface area contributed by atoms with Crippen LogP contribution in [0.2, 0.25) is 0 Å². The van der Waals surface area contributed by atoms with Crippen molar-refractivity contribution in [2.24, 2.45) is 23.7 Å². The van der Waals surface area contributed by atoms with Gasteiger partial charge in [0.2, 0.25) is 0 Å². The lowest BCUT2D eigenvalue weighted by atomic mass is 9.72. The number of hydrogen-bond acceptors (Lipinski definition) is 8. The molecule has 0 spiro atoms. The van der Waals surface area contributed by atoms with Crippen LogP contribution in [0.3, 0.4) is 0 Å². The van der Waals surface area contributed by atoms with E-state index in [1.807, 2.05) is 38.1 Å². The molecule has 2 aromatic carbocycles. The second kappa shape index (κ2) is 31.9. The maximum Gasteiger partial charge on any atom is 0.306 e. The number of rotatable bonds is 22. The number of carbonyl (C=O) groups excluding carboxylic acids is 2. The topological polar surface area (TPSA) is 89.5 Å². The molecule has 2 unspecified atom stereocenters. The van der Waals surface area contributed by atoms with Crippen molar-refractivity contribution in [2.75, 3.05) is 26.4 Å². The SMILES string of the molecule is C=C(C)C(=C)OCC(COc1ccc(C#CC#CC#CC#CC)cc1)OC(=O)CC1CCC(CC2CCC(CC(=O)OC(COC(=C)C(=C)C)COc3ccc(C#CC#CC#CC#CC)cc3)CC2)CC1. The zero-order valence-corrected chi connectivity index (χ0v) is 41.8. The molecule has 2 atom stereocenters. The van der Waals surface area contributed by atoms with Crippen LogP contribution in [-0.4, -0.2) is 50.6 Å². The summed E-state index contributed by atoms with van der Waals surface area (Å²) in [6.07, 6.45) is 8.94. The average Bonchev–Trinajstić information content (AvgIpc) is 3.36. The number of esters is 2. The Labute approximate surface area is 423 Å². The number of carbonyl (C=O) groups is 2. The first-order valence-corrected chi connectivity index (χ1v) is 24.1. The molecule has 8 heteroatoms. The third-order valence-corrected chi connectivity index (χ3v) is 11.8. The second-order valence-corrected chi connectivity index (χ2v) is 17.6. The van der Waals surface area contributed by atoms with Gasteiger partial charge in [0.05, 0.1) is 0 Å². The van der Waals surface area contributed by atoms with E-state index >= 15 is 0 Å². The van der Waals surface area contributed by atoms with E-state index in [9.17, 15) is 9.59 Å². The summed E-state index contributed by atoms with van der Waals surface area (Å²) in [6, 6.07) is 14.5. The summed E-state index contributed by atoms with van der Waals surface area (Å²) in [5.74, 6) is 46.6. The molecule has 2 aliphatic carbocycles. The van der Waals surface area contributed by atoms with E-state index in [1.165, 1.54) is 6.42 Å². The van der Waals surface area contributed by atoms with E-state index < -0.39 is 12.2 Å². The largest absolute Gasteiger partial charge is 0.490 e. The molecule has 2 saturated carbocycles. The van der Waals surface area contributed by atoms with Gasteiger partial charge in [-0.1, -0.05) is 75.7 Å². The van der Waals surface area contributed by atoms with Gasteiger partial charge in [-0.05, 0) is 214 Å². The van der Waals surface area contributed by atoms with Crippen molar-refractivity contribution < 1.29 is 38.0 Å². The van der Waals surface area contributed by atoms with E-state index in [1.54, 1.807) is 38.1 Å². The van der Waals surface area contributed by atoms with Crippen LogP contribution in [0.4, 0.5) is 0 Å². The van der Waals surface area contributed by atoms with E-state index in [2.05, 4.69) is 121 Å². The monoisotopic (exact) mass is 948 g/mol. The van der Waals surface area contributed by atoms with Crippen LogP contribution in [0.25, 0.3) is 0 Å². The van der Waals surface area contributed by atoms with Crippen LogP contribution >= 0.6 is 0 Å². The summed E-state index contributed by atoms with van der Waals surface area (Å²) < 4.78 is 35.5. The van der Waals surface area contributed by atoms with Crippen molar-refractivity contribution in [3.05, 3.63) is 109 Å². The van der Waals surface area contributed by atoms with Crippen LogP contribution in [0.5, 0.6) is 11.5 Å². The van der Waals surface area contributed by atoms with Gasteiger partial charge in [0.15, 0.2) is 12.2 Å². The van der Waals surface area contributed by atoms with Crippen LogP contribution in [0.1, 0.15) is 109 Å². The molecule has 2 aromatic rings. The first-order valence-electron chi connectivity index (χ1n) is 24.1. The van der Waals surface area contributed by atoms with Crippen LogP contribution in [0, 0.1) is 118 Å². The fourth-order valence-electron chi connectivity index (χ4n) is 7.85. The highest BCUT2D eigenvalue weighted by Gasteiger charge is 2.30. The highest BCUT2D eigenvalue weighted by molar-refractivity contribution is 5.70. The van der Waals surface area contributed by atoms with Crippen molar-refractivity contribution in [1.29, 1.82) is 0 Å². The zero-order chi connectivity index (χ0) is 51.1. The van der Waals surface area contributed by atoms with Crippen molar-refractivity contribution in [3.63, 3.8) is 0 Å². The summed E-state index contributed by atoms with van der Waals surface area (Å²) in [5, 5.41) is 0. The van der Waals surface area contributed by atoms with Gasteiger partial charge in [0.25, 0.3) is 0 Å². The van der Waals surface area contributed by atoms with Crippen molar-refractivity contribution >= 4 is 11.9 Å². The quantitative estimate of drug-likeness (QED) is 0.0499. The molecule has 364 valence electrons. The van der Waals surface area contributed by atoms with Gasteiger partial charge in [-0.25, -0.2) is 0 Å². The number of ether oxygens (including phenoxy) is 6. The van der Waals surface area contributed by atoms with Gasteiger partial charge in [-0.2, -0.15) is 0 Å². The molecule has 0 saturated heterocycles. The molecule has 4 rings (SSSR count). The fraction of sp³-hybridized carbons (Fsp3) is 0.397. The Hall–Kier alpha value is -7.98. The Morgan fingerprint density at radius 3 is 1.14 bits per heavy atom. The highest BCUT2D eigenvalue weighted by Crippen LogP contribution is 2.40. The molecule has 0 heterocycles. The Morgan fingerprint density at radius 1 is 0.479 bits per heavy atom. The molecule has 0 amide bonds. The number of benzene rings is 2. The number of hydrogen-bond donors (Lipinski definition) is 0. The van der Waals surface area contributed by atoms with Crippen molar-refractivity contribution in [2.45, 2.75) is 111 Å². The molecule has 0 aliphatic heterocycles. The summed E-state index contributed by atoms with van der Waals surface area (Å²) >= 11 is 0. The van der Waals surface area contributed by atoms with E-state index in [4.69, 9.17) is 28.4 Å². The lowest BCUT2D eigenvalue weighted by molar-refractivity contribution is -0.155. The van der Waals surface area contributed by atoms with Crippen molar-refractivity contribution in [1.82, 2.24) is 0 Å².